The van der Waals surface area contributed by atoms with Crippen LogP contribution in [-0.2, 0) is 11.3 Å². The van der Waals surface area contributed by atoms with Crippen LogP contribution in [0.4, 0.5) is 0 Å². The maximum Gasteiger partial charge on any atom is 0.191 e. The van der Waals surface area contributed by atoms with Gasteiger partial charge in [0.2, 0.25) is 0 Å². The number of hydrogen-bond donors (Lipinski definition) is 3. The Bertz CT molecular complexity index is 449. The standard InChI is InChI=1S/C19H33N3O2/c1-4-20-19(21-12-8-9-16(2)3)22-13-18(23)15-24-14-17-10-6-5-7-11-17/h5-7,10-11,16,18,23H,4,8-9,12-15H2,1-3H3,(H2,20,21,22). The minimum absolute atomic E-state index is 0.283. The first-order valence-electron chi connectivity index (χ1n) is 8.93. The van der Waals surface area contributed by atoms with Crippen LogP contribution < -0.4 is 10.6 Å². The minimum atomic E-state index is -0.597. The van der Waals surface area contributed by atoms with E-state index in [0.29, 0.717) is 13.2 Å². The second-order valence-electron chi connectivity index (χ2n) is 6.34. The van der Waals surface area contributed by atoms with E-state index in [2.05, 4.69) is 29.5 Å². The number of nitrogens with zero attached hydrogens (tertiary/aromatic N) is 1. The zero-order valence-electron chi connectivity index (χ0n) is 15.3. The molecule has 136 valence electrons. The molecule has 5 heteroatoms. The van der Waals surface area contributed by atoms with E-state index >= 15 is 0 Å². The van der Waals surface area contributed by atoms with Gasteiger partial charge in [-0.2, -0.15) is 0 Å². The van der Waals surface area contributed by atoms with Gasteiger partial charge < -0.3 is 20.5 Å². The second kappa shape index (κ2) is 12.8. The summed E-state index contributed by atoms with van der Waals surface area (Å²) in [6.07, 6.45) is 1.72. The number of aliphatic imine (C=N–C) groups is 1. The molecule has 3 N–H and O–H groups in total. The lowest BCUT2D eigenvalue weighted by atomic mass is 10.1. The van der Waals surface area contributed by atoms with Crippen molar-refractivity contribution in [3.05, 3.63) is 35.9 Å². The van der Waals surface area contributed by atoms with Crippen LogP contribution in [0.1, 0.15) is 39.2 Å². The molecule has 0 fully saturated rings. The summed E-state index contributed by atoms with van der Waals surface area (Å²) in [6, 6.07) is 9.95. The van der Waals surface area contributed by atoms with Gasteiger partial charge >= 0.3 is 0 Å². The van der Waals surface area contributed by atoms with E-state index in [4.69, 9.17) is 4.74 Å². The molecule has 1 aromatic carbocycles. The van der Waals surface area contributed by atoms with Crippen molar-refractivity contribution in [3.8, 4) is 0 Å². The normalized spacial score (nSPS) is 13.1. The Kier molecular flexibility index (Phi) is 10.9. The highest BCUT2D eigenvalue weighted by atomic mass is 16.5. The third-order valence-corrected chi connectivity index (χ3v) is 3.48. The molecular formula is C19H33N3O2. The molecular weight excluding hydrogens is 302 g/mol. The van der Waals surface area contributed by atoms with E-state index in [9.17, 15) is 5.11 Å². The third kappa shape index (κ3) is 10.2. The SMILES string of the molecule is CCNC(=NCC(O)COCc1ccccc1)NCCCC(C)C. The van der Waals surface area contributed by atoms with E-state index in [1.54, 1.807) is 0 Å². The zero-order valence-corrected chi connectivity index (χ0v) is 15.3. The summed E-state index contributed by atoms with van der Waals surface area (Å²) in [7, 11) is 0. The molecule has 1 atom stereocenters. The van der Waals surface area contributed by atoms with Gasteiger partial charge in [-0.3, -0.25) is 4.99 Å². The van der Waals surface area contributed by atoms with Crippen molar-refractivity contribution < 1.29 is 9.84 Å². The Morgan fingerprint density at radius 1 is 1.21 bits per heavy atom. The Hall–Kier alpha value is -1.59. The molecule has 1 rings (SSSR count). The maximum absolute atomic E-state index is 10.0. The Morgan fingerprint density at radius 2 is 1.96 bits per heavy atom. The minimum Gasteiger partial charge on any atom is -0.389 e. The lowest BCUT2D eigenvalue weighted by molar-refractivity contribution is 0.0331. The van der Waals surface area contributed by atoms with Gasteiger partial charge in [-0.1, -0.05) is 44.2 Å². The molecule has 5 nitrogen and oxygen atoms in total. The van der Waals surface area contributed by atoms with Gasteiger partial charge in [0, 0.05) is 13.1 Å². The van der Waals surface area contributed by atoms with Crippen molar-refractivity contribution in [2.75, 3.05) is 26.2 Å². The quantitative estimate of drug-likeness (QED) is 0.330. The summed E-state index contributed by atoms with van der Waals surface area (Å²) in [6.45, 7) is 9.30. The van der Waals surface area contributed by atoms with Crippen molar-refractivity contribution in [3.63, 3.8) is 0 Å². The van der Waals surface area contributed by atoms with Crippen molar-refractivity contribution >= 4 is 5.96 Å². The van der Waals surface area contributed by atoms with Crippen molar-refractivity contribution in [2.45, 2.75) is 46.3 Å². The average Bonchev–Trinajstić information content (AvgIpc) is 2.57. The number of hydrogen-bond acceptors (Lipinski definition) is 3. The predicted molar refractivity (Wildman–Crippen MR) is 100 cm³/mol. The highest BCUT2D eigenvalue weighted by Crippen LogP contribution is 2.02. The average molecular weight is 335 g/mol. The van der Waals surface area contributed by atoms with Crippen LogP contribution in [0.3, 0.4) is 0 Å². The number of aliphatic hydroxyl groups excluding tert-OH is 1. The molecule has 1 aromatic rings. The van der Waals surface area contributed by atoms with Crippen LogP contribution >= 0.6 is 0 Å². The molecule has 0 spiro atoms. The van der Waals surface area contributed by atoms with E-state index in [1.165, 1.54) is 6.42 Å². The van der Waals surface area contributed by atoms with E-state index < -0.39 is 6.10 Å². The number of ether oxygens (including phenoxy) is 1. The summed E-state index contributed by atoms with van der Waals surface area (Å²) < 4.78 is 5.54. The first kappa shape index (κ1) is 20.5. The summed E-state index contributed by atoms with van der Waals surface area (Å²) in [5.74, 6) is 1.47. The molecule has 0 radical (unpaired) electrons. The van der Waals surface area contributed by atoms with Gasteiger partial charge in [0.25, 0.3) is 0 Å². The molecule has 0 amide bonds. The zero-order chi connectivity index (χ0) is 17.6. The highest BCUT2D eigenvalue weighted by molar-refractivity contribution is 5.79. The number of benzene rings is 1. The lowest BCUT2D eigenvalue weighted by Crippen LogP contribution is -2.38. The van der Waals surface area contributed by atoms with Crippen LogP contribution in [0.15, 0.2) is 35.3 Å². The fourth-order valence-corrected chi connectivity index (χ4v) is 2.20. The molecule has 0 aliphatic heterocycles. The van der Waals surface area contributed by atoms with Crippen LogP contribution in [0.2, 0.25) is 0 Å². The Morgan fingerprint density at radius 3 is 2.62 bits per heavy atom. The van der Waals surface area contributed by atoms with Crippen molar-refractivity contribution in [1.29, 1.82) is 0 Å². The molecule has 0 aliphatic rings. The summed E-state index contributed by atoms with van der Waals surface area (Å²) in [4.78, 5) is 4.42. The topological polar surface area (TPSA) is 65.9 Å². The van der Waals surface area contributed by atoms with Crippen LogP contribution in [0, 0.1) is 5.92 Å². The molecule has 0 bridgehead atoms. The van der Waals surface area contributed by atoms with Crippen LogP contribution in [0.5, 0.6) is 0 Å². The van der Waals surface area contributed by atoms with Crippen molar-refractivity contribution in [1.82, 2.24) is 10.6 Å². The molecule has 0 aromatic heterocycles. The molecule has 1 unspecified atom stereocenters. The summed E-state index contributed by atoms with van der Waals surface area (Å²) in [5, 5.41) is 16.5. The lowest BCUT2D eigenvalue weighted by Gasteiger charge is -2.14. The Labute approximate surface area is 146 Å². The maximum atomic E-state index is 10.0. The smallest absolute Gasteiger partial charge is 0.191 e. The first-order chi connectivity index (χ1) is 11.6. The molecule has 0 saturated heterocycles. The first-order valence-corrected chi connectivity index (χ1v) is 8.93. The third-order valence-electron chi connectivity index (χ3n) is 3.48. The van der Waals surface area contributed by atoms with Gasteiger partial charge in [0.1, 0.15) is 0 Å². The van der Waals surface area contributed by atoms with Gasteiger partial charge in [0.05, 0.1) is 25.9 Å². The van der Waals surface area contributed by atoms with Gasteiger partial charge in [-0.15, -0.1) is 0 Å². The number of guanidine groups is 1. The summed E-state index contributed by atoms with van der Waals surface area (Å²) in [5.41, 5.74) is 1.10. The van der Waals surface area contributed by atoms with Crippen LogP contribution in [0.25, 0.3) is 0 Å². The van der Waals surface area contributed by atoms with Gasteiger partial charge in [-0.25, -0.2) is 0 Å². The predicted octanol–water partition coefficient (Wildman–Crippen LogP) is 2.56. The Balaban J connectivity index is 2.25. The summed E-state index contributed by atoms with van der Waals surface area (Å²) >= 11 is 0. The molecule has 24 heavy (non-hydrogen) atoms. The largest absolute Gasteiger partial charge is 0.389 e. The highest BCUT2D eigenvalue weighted by Gasteiger charge is 2.05. The number of nitrogens with one attached hydrogen (secondary N) is 2. The fraction of sp³-hybridized carbons (Fsp3) is 0.632. The fourth-order valence-electron chi connectivity index (χ4n) is 2.20. The molecule has 0 saturated carbocycles. The molecule has 0 heterocycles. The van der Waals surface area contributed by atoms with Gasteiger partial charge in [-0.05, 0) is 31.2 Å². The second-order valence-corrected chi connectivity index (χ2v) is 6.34. The number of aliphatic hydroxyl groups is 1. The molecule has 0 aliphatic carbocycles. The van der Waals surface area contributed by atoms with Crippen molar-refractivity contribution in [2.24, 2.45) is 10.9 Å². The van der Waals surface area contributed by atoms with E-state index in [1.807, 2.05) is 37.3 Å². The van der Waals surface area contributed by atoms with E-state index in [0.717, 1.165) is 37.0 Å². The van der Waals surface area contributed by atoms with Crippen LogP contribution in [-0.4, -0.2) is 43.4 Å². The van der Waals surface area contributed by atoms with Gasteiger partial charge in [0.15, 0.2) is 5.96 Å². The van der Waals surface area contributed by atoms with E-state index in [-0.39, 0.29) is 6.61 Å². The number of rotatable bonds is 11. The monoisotopic (exact) mass is 335 g/mol.